The molecule has 122 valence electrons. The van der Waals surface area contributed by atoms with Crippen LogP contribution in [0.3, 0.4) is 0 Å². The number of primary amides is 1. The van der Waals surface area contributed by atoms with Gasteiger partial charge in [0.15, 0.2) is 5.11 Å². The van der Waals surface area contributed by atoms with Crippen molar-refractivity contribution in [3.05, 3.63) is 34.9 Å². The molecule has 1 heterocycles. The number of hydrogen-bond acceptors (Lipinski definition) is 4. The van der Waals surface area contributed by atoms with Gasteiger partial charge in [0, 0.05) is 17.1 Å². The van der Waals surface area contributed by atoms with Gasteiger partial charge in [0.1, 0.15) is 6.04 Å². The van der Waals surface area contributed by atoms with E-state index in [0.29, 0.717) is 17.1 Å². The van der Waals surface area contributed by atoms with Crippen molar-refractivity contribution in [2.45, 2.75) is 19.4 Å². The van der Waals surface area contributed by atoms with Crippen LogP contribution < -0.4 is 11.2 Å². The summed E-state index contributed by atoms with van der Waals surface area (Å²) in [6.07, 6.45) is -0.240. The molecular weight excluding hydrogens is 340 g/mol. The van der Waals surface area contributed by atoms with Crippen molar-refractivity contribution in [1.82, 2.24) is 15.3 Å². The summed E-state index contributed by atoms with van der Waals surface area (Å²) in [5.41, 5.74) is 8.08. The van der Waals surface area contributed by atoms with Gasteiger partial charge in [-0.25, -0.2) is 5.01 Å². The topological polar surface area (TPSA) is 95.7 Å². The van der Waals surface area contributed by atoms with Crippen LogP contribution in [0.2, 0.25) is 5.02 Å². The fourth-order valence-electron chi connectivity index (χ4n) is 2.21. The number of nitrogens with two attached hydrogens (primary N) is 1. The minimum absolute atomic E-state index is 0.131. The first kappa shape index (κ1) is 17.2. The summed E-state index contributed by atoms with van der Waals surface area (Å²) >= 11 is 11.0. The maximum absolute atomic E-state index is 12.3. The van der Waals surface area contributed by atoms with Gasteiger partial charge >= 0.3 is 0 Å². The van der Waals surface area contributed by atoms with Crippen molar-refractivity contribution in [2.75, 3.05) is 6.54 Å². The fourth-order valence-corrected chi connectivity index (χ4v) is 2.73. The molecule has 23 heavy (non-hydrogen) atoms. The molecule has 1 aliphatic rings. The number of carbonyl (C=O) groups is 3. The molecule has 3 N–H and O–H groups in total. The molecule has 0 spiro atoms. The highest BCUT2D eigenvalue weighted by molar-refractivity contribution is 7.80. The average molecular weight is 355 g/mol. The van der Waals surface area contributed by atoms with Gasteiger partial charge in [-0.1, -0.05) is 11.6 Å². The lowest BCUT2D eigenvalue weighted by Crippen LogP contribution is -2.49. The lowest BCUT2D eigenvalue weighted by atomic mass is 10.2. The smallest absolute Gasteiger partial charge is 0.269 e. The second-order valence-electron chi connectivity index (χ2n) is 4.87. The van der Waals surface area contributed by atoms with E-state index in [-0.39, 0.29) is 17.4 Å². The monoisotopic (exact) mass is 354 g/mol. The molecule has 1 aliphatic heterocycles. The quantitative estimate of drug-likeness (QED) is 0.758. The molecule has 0 aromatic heterocycles. The Balaban J connectivity index is 2.22. The number of hydrazine groups is 1. The molecule has 1 saturated heterocycles. The summed E-state index contributed by atoms with van der Waals surface area (Å²) in [7, 11) is 0. The number of rotatable bonds is 5. The van der Waals surface area contributed by atoms with E-state index in [9.17, 15) is 14.4 Å². The first-order valence-corrected chi connectivity index (χ1v) is 7.63. The number of nitrogens with one attached hydrogen (secondary N) is 1. The number of carbonyl (C=O) groups excluding carboxylic acids is 3. The normalized spacial score (nSPS) is 17.6. The zero-order valence-electron chi connectivity index (χ0n) is 12.3. The third kappa shape index (κ3) is 3.59. The molecule has 0 saturated carbocycles. The third-order valence-corrected chi connectivity index (χ3v) is 4.01. The SMILES string of the molecule is CCN1C(=O)C(CC(N)=O)N(NC(=O)c2ccc(Cl)cc2)C1=S. The molecule has 0 radical (unpaired) electrons. The Kier molecular flexibility index (Phi) is 5.17. The van der Waals surface area contributed by atoms with Crippen molar-refractivity contribution >= 4 is 46.7 Å². The van der Waals surface area contributed by atoms with Crippen molar-refractivity contribution in [1.29, 1.82) is 0 Å². The van der Waals surface area contributed by atoms with E-state index in [1.54, 1.807) is 31.2 Å². The molecule has 1 atom stereocenters. The van der Waals surface area contributed by atoms with Crippen LogP contribution in [0.15, 0.2) is 24.3 Å². The van der Waals surface area contributed by atoms with Gasteiger partial charge in [0.05, 0.1) is 6.42 Å². The molecule has 1 unspecified atom stereocenters. The number of nitrogens with zero attached hydrogens (tertiary/aromatic N) is 2. The molecule has 3 amide bonds. The standard InChI is InChI=1S/C14H15ClN4O3S/c1-2-18-13(22)10(7-11(16)20)19(14(18)23)17-12(21)8-3-5-9(15)6-4-8/h3-6,10H,2,7H2,1H3,(H2,16,20)(H,17,21). The van der Waals surface area contributed by atoms with Gasteiger partial charge in [0.25, 0.3) is 11.8 Å². The van der Waals surface area contributed by atoms with Crippen molar-refractivity contribution in [3.8, 4) is 0 Å². The van der Waals surface area contributed by atoms with Gasteiger partial charge < -0.3 is 5.73 Å². The van der Waals surface area contributed by atoms with Gasteiger partial charge in [-0.05, 0) is 43.4 Å². The summed E-state index contributed by atoms with van der Waals surface area (Å²) in [5.74, 6) is -1.49. The Bertz CT molecular complexity index is 664. The predicted molar refractivity (Wildman–Crippen MR) is 88.3 cm³/mol. The average Bonchev–Trinajstić information content (AvgIpc) is 2.71. The lowest BCUT2D eigenvalue weighted by Gasteiger charge is -2.23. The van der Waals surface area contributed by atoms with Crippen LogP contribution in [0.25, 0.3) is 0 Å². The second-order valence-corrected chi connectivity index (χ2v) is 5.67. The first-order chi connectivity index (χ1) is 10.8. The molecule has 7 nitrogen and oxygen atoms in total. The Morgan fingerprint density at radius 3 is 2.48 bits per heavy atom. The van der Waals surface area contributed by atoms with Gasteiger partial charge in [-0.15, -0.1) is 0 Å². The predicted octanol–water partition coefficient (Wildman–Crippen LogP) is 0.678. The first-order valence-electron chi connectivity index (χ1n) is 6.84. The molecule has 0 bridgehead atoms. The van der Waals surface area contributed by atoms with E-state index in [4.69, 9.17) is 29.6 Å². The summed E-state index contributed by atoms with van der Waals surface area (Å²) in [6.45, 7) is 2.08. The van der Waals surface area contributed by atoms with Crippen LogP contribution in [0.1, 0.15) is 23.7 Å². The van der Waals surface area contributed by atoms with Crippen LogP contribution in [-0.2, 0) is 9.59 Å². The van der Waals surface area contributed by atoms with Crippen LogP contribution in [0.4, 0.5) is 0 Å². The highest BCUT2D eigenvalue weighted by atomic mass is 35.5. The number of amides is 3. The Morgan fingerprint density at radius 2 is 1.96 bits per heavy atom. The molecule has 1 aromatic carbocycles. The number of halogens is 1. The minimum Gasteiger partial charge on any atom is -0.370 e. The zero-order valence-corrected chi connectivity index (χ0v) is 13.9. The zero-order chi connectivity index (χ0) is 17.1. The molecule has 9 heteroatoms. The van der Waals surface area contributed by atoms with Crippen molar-refractivity contribution < 1.29 is 14.4 Å². The van der Waals surface area contributed by atoms with Crippen LogP contribution in [0, 0.1) is 0 Å². The van der Waals surface area contributed by atoms with Gasteiger partial charge in [-0.3, -0.25) is 24.7 Å². The lowest BCUT2D eigenvalue weighted by molar-refractivity contribution is -0.131. The molecule has 0 aliphatic carbocycles. The van der Waals surface area contributed by atoms with Crippen LogP contribution in [0.5, 0.6) is 0 Å². The molecular formula is C14H15ClN4O3S. The van der Waals surface area contributed by atoms with E-state index < -0.39 is 17.9 Å². The van der Waals surface area contributed by atoms with Crippen molar-refractivity contribution in [3.63, 3.8) is 0 Å². The molecule has 1 aromatic rings. The maximum Gasteiger partial charge on any atom is 0.269 e. The Labute approximate surface area is 143 Å². The highest BCUT2D eigenvalue weighted by Gasteiger charge is 2.43. The van der Waals surface area contributed by atoms with Gasteiger partial charge in [0.2, 0.25) is 5.91 Å². The summed E-state index contributed by atoms with van der Waals surface area (Å²) in [5, 5.41) is 1.84. The summed E-state index contributed by atoms with van der Waals surface area (Å²) in [4.78, 5) is 37.1. The number of benzene rings is 1. The van der Waals surface area contributed by atoms with Crippen LogP contribution in [-0.4, -0.2) is 45.3 Å². The Hall–Kier alpha value is -2.19. The van der Waals surface area contributed by atoms with Crippen LogP contribution >= 0.6 is 23.8 Å². The number of likely N-dealkylation sites (N-methyl/N-ethyl adjacent to an activating group) is 1. The summed E-state index contributed by atoms with van der Waals surface area (Å²) < 4.78 is 0. The molecule has 2 rings (SSSR count). The maximum atomic E-state index is 12.3. The van der Waals surface area contributed by atoms with E-state index in [1.165, 1.54) is 9.91 Å². The van der Waals surface area contributed by atoms with E-state index >= 15 is 0 Å². The fraction of sp³-hybridized carbons (Fsp3) is 0.286. The third-order valence-electron chi connectivity index (χ3n) is 3.34. The second kappa shape index (κ2) is 6.93. The number of thiocarbonyl (C=S) groups is 1. The largest absolute Gasteiger partial charge is 0.370 e. The minimum atomic E-state index is -0.934. The van der Waals surface area contributed by atoms with Crippen molar-refractivity contribution in [2.24, 2.45) is 5.73 Å². The van der Waals surface area contributed by atoms with Gasteiger partial charge in [-0.2, -0.15) is 0 Å². The van der Waals surface area contributed by atoms with E-state index in [0.717, 1.165) is 0 Å². The van der Waals surface area contributed by atoms with E-state index in [1.807, 2.05) is 0 Å². The molecule has 1 fully saturated rings. The summed E-state index contributed by atoms with van der Waals surface area (Å²) in [6, 6.07) is 5.29. The van der Waals surface area contributed by atoms with E-state index in [2.05, 4.69) is 5.43 Å². The Morgan fingerprint density at radius 1 is 1.35 bits per heavy atom. The number of hydrogen-bond donors (Lipinski definition) is 2. The highest BCUT2D eigenvalue weighted by Crippen LogP contribution is 2.19.